The Hall–Kier alpha value is -3.45. The lowest BCUT2D eigenvalue weighted by Crippen LogP contribution is -2.25. The Bertz CT molecular complexity index is 1100. The van der Waals surface area contributed by atoms with Crippen molar-refractivity contribution < 1.29 is 9.59 Å². The van der Waals surface area contributed by atoms with Crippen LogP contribution in [0.2, 0.25) is 0 Å². The smallest absolute Gasteiger partial charge is 0.252 e. The SMILES string of the molecule is O=C(CCCNC(=O)c1ccsc1)Nc1cccc(-c2nc3ccccc3[nH]2)c1. The number of benzene rings is 2. The molecular weight excluding hydrogens is 384 g/mol. The zero-order chi connectivity index (χ0) is 20.1. The summed E-state index contributed by atoms with van der Waals surface area (Å²) in [4.78, 5) is 32.0. The summed E-state index contributed by atoms with van der Waals surface area (Å²) in [6.45, 7) is 0.459. The van der Waals surface area contributed by atoms with Crippen LogP contribution in [0.1, 0.15) is 23.2 Å². The molecule has 4 rings (SSSR count). The number of rotatable bonds is 7. The monoisotopic (exact) mass is 404 g/mol. The summed E-state index contributed by atoms with van der Waals surface area (Å²) in [7, 11) is 0. The molecule has 0 aliphatic rings. The molecule has 0 unspecified atom stereocenters. The average molecular weight is 404 g/mol. The summed E-state index contributed by atoms with van der Waals surface area (Å²) < 4.78 is 0. The van der Waals surface area contributed by atoms with Crippen LogP contribution in [0.25, 0.3) is 22.4 Å². The molecule has 2 amide bonds. The van der Waals surface area contributed by atoms with Crippen molar-refractivity contribution in [3.05, 3.63) is 70.9 Å². The van der Waals surface area contributed by atoms with Crippen LogP contribution in [0.5, 0.6) is 0 Å². The van der Waals surface area contributed by atoms with E-state index in [1.807, 2.05) is 53.9 Å². The van der Waals surface area contributed by atoms with E-state index in [0.29, 0.717) is 24.9 Å². The van der Waals surface area contributed by atoms with Crippen molar-refractivity contribution in [2.24, 2.45) is 0 Å². The molecule has 146 valence electrons. The number of fused-ring (bicyclic) bond motifs is 1. The maximum Gasteiger partial charge on any atom is 0.252 e. The second-order valence-corrected chi connectivity index (χ2v) is 7.38. The Morgan fingerprint density at radius 1 is 1.07 bits per heavy atom. The van der Waals surface area contributed by atoms with Crippen LogP contribution in [0.15, 0.2) is 65.4 Å². The Labute approximate surface area is 172 Å². The molecule has 2 heterocycles. The zero-order valence-electron chi connectivity index (χ0n) is 15.6. The maximum absolute atomic E-state index is 12.2. The van der Waals surface area contributed by atoms with Crippen molar-refractivity contribution in [3.63, 3.8) is 0 Å². The molecule has 2 aromatic carbocycles. The molecule has 0 aliphatic heterocycles. The molecule has 0 radical (unpaired) electrons. The molecule has 0 fully saturated rings. The summed E-state index contributed by atoms with van der Waals surface area (Å²) in [6, 6.07) is 17.2. The number of nitrogens with one attached hydrogen (secondary N) is 3. The standard InChI is InChI=1S/C22H20N4O2S/c27-20(9-4-11-23-22(28)16-10-12-29-14-16)24-17-6-3-5-15(13-17)21-25-18-7-1-2-8-19(18)26-21/h1-3,5-8,10,12-14H,4,9,11H2,(H,23,28)(H,24,27)(H,25,26). The fraction of sp³-hybridized carbons (Fsp3) is 0.136. The third-order valence-electron chi connectivity index (χ3n) is 4.46. The van der Waals surface area contributed by atoms with Gasteiger partial charge in [0.25, 0.3) is 5.91 Å². The van der Waals surface area contributed by atoms with Gasteiger partial charge in [0.1, 0.15) is 5.82 Å². The van der Waals surface area contributed by atoms with E-state index in [2.05, 4.69) is 20.6 Å². The van der Waals surface area contributed by atoms with Crippen LogP contribution >= 0.6 is 11.3 Å². The van der Waals surface area contributed by atoms with Crippen molar-refractivity contribution >= 4 is 39.9 Å². The molecule has 0 spiro atoms. The number of H-pyrrole nitrogens is 1. The minimum absolute atomic E-state index is 0.0865. The number of para-hydroxylation sites is 2. The Morgan fingerprint density at radius 3 is 2.79 bits per heavy atom. The van der Waals surface area contributed by atoms with Crippen molar-refractivity contribution in [1.29, 1.82) is 0 Å². The number of imidazole rings is 1. The van der Waals surface area contributed by atoms with Gasteiger partial charge in [0.2, 0.25) is 5.91 Å². The number of anilines is 1. The molecular formula is C22H20N4O2S. The minimum Gasteiger partial charge on any atom is -0.352 e. The lowest BCUT2D eigenvalue weighted by atomic mass is 10.2. The number of amides is 2. The zero-order valence-corrected chi connectivity index (χ0v) is 16.5. The fourth-order valence-electron chi connectivity index (χ4n) is 3.00. The number of nitrogens with zero attached hydrogens (tertiary/aromatic N) is 1. The van der Waals surface area contributed by atoms with E-state index >= 15 is 0 Å². The molecule has 0 atom stereocenters. The van der Waals surface area contributed by atoms with Crippen LogP contribution in [-0.4, -0.2) is 28.3 Å². The summed E-state index contributed by atoms with van der Waals surface area (Å²) in [5.74, 6) is 0.570. The third kappa shape index (κ3) is 4.70. The van der Waals surface area contributed by atoms with Gasteiger partial charge in [0.05, 0.1) is 11.0 Å². The quantitative estimate of drug-likeness (QED) is 0.398. The first-order valence-electron chi connectivity index (χ1n) is 9.34. The van der Waals surface area contributed by atoms with Gasteiger partial charge in [0.15, 0.2) is 0 Å². The molecule has 29 heavy (non-hydrogen) atoms. The molecule has 0 saturated heterocycles. The molecule has 7 heteroatoms. The predicted octanol–water partition coefficient (Wildman–Crippen LogP) is 4.44. The van der Waals surface area contributed by atoms with Crippen LogP contribution < -0.4 is 10.6 Å². The number of carbonyl (C=O) groups excluding carboxylic acids is 2. The highest BCUT2D eigenvalue weighted by molar-refractivity contribution is 7.08. The van der Waals surface area contributed by atoms with Crippen LogP contribution in [0.3, 0.4) is 0 Å². The molecule has 6 nitrogen and oxygen atoms in total. The lowest BCUT2D eigenvalue weighted by Gasteiger charge is -2.07. The van der Waals surface area contributed by atoms with Gasteiger partial charge in [-0.15, -0.1) is 0 Å². The largest absolute Gasteiger partial charge is 0.352 e. The van der Waals surface area contributed by atoms with Gasteiger partial charge < -0.3 is 15.6 Å². The highest BCUT2D eigenvalue weighted by atomic mass is 32.1. The summed E-state index contributed by atoms with van der Waals surface area (Å²) in [5.41, 5.74) is 4.15. The van der Waals surface area contributed by atoms with Gasteiger partial charge in [-0.05, 0) is 42.1 Å². The van der Waals surface area contributed by atoms with E-state index in [-0.39, 0.29) is 11.8 Å². The third-order valence-corrected chi connectivity index (χ3v) is 5.14. The Balaban J connectivity index is 1.30. The summed E-state index contributed by atoms with van der Waals surface area (Å²) in [5, 5.41) is 9.40. The number of hydrogen-bond donors (Lipinski definition) is 3. The normalized spacial score (nSPS) is 10.8. The van der Waals surface area contributed by atoms with Gasteiger partial charge >= 0.3 is 0 Å². The van der Waals surface area contributed by atoms with Crippen molar-refractivity contribution in [2.75, 3.05) is 11.9 Å². The van der Waals surface area contributed by atoms with Gasteiger partial charge in [0, 0.05) is 35.2 Å². The van der Waals surface area contributed by atoms with Crippen molar-refractivity contribution in [1.82, 2.24) is 15.3 Å². The van der Waals surface area contributed by atoms with Crippen molar-refractivity contribution in [2.45, 2.75) is 12.8 Å². The second kappa shape index (κ2) is 8.70. The average Bonchev–Trinajstić information content (AvgIpc) is 3.41. The first-order valence-corrected chi connectivity index (χ1v) is 10.3. The molecule has 2 aromatic heterocycles. The minimum atomic E-state index is -0.106. The van der Waals surface area contributed by atoms with Crippen molar-refractivity contribution in [3.8, 4) is 11.4 Å². The van der Waals surface area contributed by atoms with E-state index < -0.39 is 0 Å². The van der Waals surface area contributed by atoms with E-state index in [0.717, 1.165) is 28.1 Å². The number of carbonyl (C=O) groups is 2. The van der Waals surface area contributed by atoms with E-state index in [4.69, 9.17) is 0 Å². The maximum atomic E-state index is 12.2. The molecule has 0 bridgehead atoms. The molecule has 0 saturated carbocycles. The summed E-state index contributed by atoms with van der Waals surface area (Å²) in [6.07, 6.45) is 0.907. The first-order chi connectivity index (χ1) is 14.2. The van der Waals surface area contributed by atoms with Crippen LogP contribution in [0, 0.1) is 0 Å². The van der Waals surface area contributed by atoms with Gasteiger partial charge in [-0.1, -0.05) is 24.3 Å². The molecule has 3 N–H and O–H groups in total. The molecule has 0 aliphatic carbocycles. The Morgan fingerprint density at radius 2 is 1.97 bits per heavy atom. The Kier molecular flexibility index (Phi) is 5.67. The number of aromatic nitrogens is 2. The fourth-order valence-corrected chi connectivity index (χ4v) is 3.64. The lowest BCUT2D eigenvalue weighted by molar-refractivity contribution is -0.116. The summed E-state index contributed by atoms with van der Waals surface area (Å²) >= 11 is 1.48. The van der Waals surface area contributed by atoms with Gasteiger partial charge in [-0.2, -0.15) is 11.3 Å². The highest BCUT2D eigenvalue weighted by Gasteiger charge is 2.08. The first kappa shape index (κ1) is 18.9. The number of aromatic amines is 1. The molecule has 4 aromatic rings. The van der Waals surface area contributed by atoms with Crippen LogP contribution in [0.4, 0.5) is 5.69 Å². The number of thiophene rings is 1. The van der Waals surface area contributed by atoms with Gasteiger partial charge in [-0.3, -0.25) is 9.59 Å². The van der Waals surface area contributed by atoms with E-state index in [1.54, 1.807) is 11.4 Å². The van der Waals surface area contributed by atoms with Crippen LogP contribution in [-0.2, 0) is 4.79 Å². The number of hydrogen-bond acceptors (Lipinski definition) is 4. The van der Waals surface area contributed by atoms with E-state index in [1.165, 1.54) is 11.3 Å². The topological polar surface area (TPSA) is 86.9 Å². The van der Waals surface area contributed by atoms with E-state index in [9.17, 15) is 9.59 Å². The predicted molar refractivity (Wildman–Crippen MR) is 116 cm³/mol. The highest BCUT2D eigenvalue weighted by Crippen LogP contribution is 2.23. The van der Waals surface area contributed by atoms with Gasteiger partial charge in [-0.25, -0.2) is 4.98 Å². The second-order valence-electron chi connectivity index (χ2n) is 6.60.